The van der Waals surface area contributed by atoms with Crippen LogP contribution in [0.2, 0.25) is 0 Å². The number of benzene rings is 2. The van der Waals surface area contributed by atoms with Crippen LogP contribution in [0, 0.1) is 0 Å². The molecule has 88 valence electrons. The molecule has 0 aromatic heterocycles. The molecule has 0 N–H and O–H groups in total. The van der Waals surface area contributed by atoms with E-state index in [0.717, 1.165) is 11.5 Å². The van der Waals surface area contributed by atoms with Crippen LogP contribution in [0.1, 0.15) is 0 Å². The average Bonchev–Trinajstić information content (AvgIpc) is 2.40. The molecule has 0 radical (unpaired) electrons. The summed E-state index contributed by atoms with van der Waals surface area (Å²) in [6.07, 6.45) is 0. The van der Waals surface area contributed by atoms with Gasteiger partial charge in [-0.15, -0.1) is 0 Å². The smallest absolute Gasteiger partial charge is 0.418 e. The van der Waals surface area contributed by atoms with Crippen LogP contribution in [-0.2, 0) is 4.21 Å². The molecule has 0 aliphatic heterocycles. The first-order chi connectivity index (χ1) is 8.38. The third-order valence-electron chi connectivity index (χ3n) is 2.00. The molecule has 0 spiro atoms. The molecule has 0 fully saturated rings. The van der Waals surface area contributed by atoms with Gasteiger partial charge < -0.3 is 13.3 Å². The maximum atomic E-state index is 5.62. The van der Waals surface area contributed by atoms with E-state index in [1.807, 2.05) is 60.7 Å². The van der Waals surface area contributed by atoms with Crippen LogP contribution in [0.5, 0.6) is 11.5 Å². The molecule has 0 heterocycles. The Bertz CT molecular complexity index is 397. The molecule has 0 aliphatic carbocycles. The van der Waals surface area contributed by atoms with Gasteiger partial charge in [0.2, 0.25) is 0 Å². The summed E-state index contributed by atoms with van der Waals surface area (Å²) in [5.74, 6) is 1.51. The molecule has 0 aliphatic rings. The fourth-order valence-electron chi connectivity index (χ4n) is 1.23. The SMILES string of the molecule is [SiH3]OP(Oc1ccccc1)Oc1ccccc1. The van der Waals surface area contributed by atoms with E-state index in [-0.39, 0.29) is 0 Å². The lowest BCUT2D eigenvalue weighted by Crippen LogP contribution is -1.97. The number of rotatable bonds is 5. The van der Waals surface area contributed by atoms with Crippen molar-refractivity contribution < 1.29 is 13.3 Å². The van der Waals surface area contributed by atoms with Crippen molar-refractivity contribution in [3.05, 3.63) is 60.7 Å². The van der Waals surface area contributed by atoms with Crippen molar-refractivity contribution in [2.45, 2.75) is 0 Å². The highest BCUT2D eigenvalue weighted by Gasteiger charge is 2.13. The summed E-state index contributed by atoms with van der Waals surface area (Å²) in [4.78, 5) is 0. The maximum Gasteiger partial charge on any atom is 0.451 e. The van der Waals surface area contributed by atoms with Crippen LogP contribution in [0.15, 0.2) is 60.7 Å². The highest BCUT2D eigenvalue weighted by molar-refractivity contribution is 7.43. The number of para-hydroxylation sites is 2. The molecular weight excluding hydrogens is 251 g/mol. The van der Waals surface area contributed by atoms with Crippen molar-refractivity contribution in [2.24, 2.45) is 0 Å². The molecule has 3 nitrogen and oxygen atoms in total. The first-order valence-corrected chi connectivity index (χ1v) is 7.10. The van der Waals surface area contributed by atoms with Gasteiger partial charge in [0.05, 0.1) is 0 Å². The quantitative estimate of drug-likeness (QED) is 0.614. The lowest BCUT2D eigenvalue weighted by Gasteiger charge is -2.15. The summed E-state index contributed by atoms with van der Waals surface area (Å²) < 4.78 is 16.6. The fraction of sp³-hybridized carbons (Fsp3) is 0. The van der Waals surface area contributed by atoms with Gasteiger partial charge in [-0.2, -0.15) is 0 Å². The monoisotopic (exact) mass is 264 g/mol. The Morgan fingerprint density at radius 1 is 0.706 bits per heavy atom. The largest absolute Gasteiger partial charge is 0.451 e. The Hall–Kier alpha value is -1.35. The topological polar surface area (TPSA) is 27.7 Å². The molecule has 0 saturated carbocycles. The normalized spacial score (nSPS) is 10.4. The van der Waals surface area contributed by atoms with Gasteiger partial charge >= 0.3 is 8.60 Å². The summed E-state index contributed by atoms with van der Waals surface area (Å²) in [5, 5.41) is 0. The third kappa shape index (κ3) is 3.86. The summed E-state index contributed by atoms with van der Waals surface area (Å²) in [6, 6.07) is 19.1. The molecular formula is C12H13O3PSi. The van der Waals surface area contributed by atoms with E-state index in [1.54, 1.807) is 0 Å². The van der Waals surface area contributed by atoms with Crippen molar-refractivity contribution in [1.29, 1.82) is 0 Å². The first kappa shape index (κ1) is 12.1. The predicted octanol–water partition coefficient (Wildman–Crippen LogP) is 2.67. The molecule has 0 unspecified atom stereocenters. The highest BCUT2D eigenvalue weighted by atomic mass is 31.2. The fourth-order valence-corrected chi connectivity index (χ4v) is 2.45. The van der Waals surface area contributed by atoms with Gasteiger partial charge in [-0.3, -0.25) is 0 Å². The zero-order valence-electron chi connectivity index (χ0n) is 9.45. The van der Waals surface area contributed by atoms with E-state index in [2.05, 4.69) is 0 Å². The van der Waals surface area contributed by atoms with Crippen molar-refractivity contribution in [3.63, 3.8) is 0 Å². The lowest BCUT2D eigenvalue weighted by molar-refractivity contribution is 0.402. The molecule has 0 atom stereocenters. The van der Waals surface area contributed by atoms with Gasteiger partial charge in [-0.05, 0) is 24.3 Å². The van der Waals surface area contributed by atoms with Crippen LogP contribution in [0.4, 0.5) is 0 Å². The number of hydrogen-bond acceptors (Lipinski definition) is 3. The number of hydrogen-bond donors (Lipinski definition) is 0. The van der Waals surface area contributed by atoms with Crippen molar-refractivity contribution >= 4 is 19.1 Å². The Morgan fingerprint density at radius 3 is 1.47 bits per heavy atom. The highest BCUT2D eigenvalue weighted by Crippen LogP contribution is 2.39. The van der Waals surface area contributed by atoms with Crippen LogP contribution in [0.3, 0.4) is 0 Å². The van der Waals surface area contributed by atoms with Gasteiger partial charge in [0.15, 0.2) is 10.5 Å². The van der Waals surface area contributed by atoms with E-state index < -0.39 is 8.60 Å². The van der Waals surface area contributed by atoms with E-state index in [1.165, 1.54) is 0 Å². The molecule has 0 bridgehead atoms. The molecule has 2 aromatic carbocycles. The zero-order valence-corrected chi connectivity index (χ0v) is 12.3. The summed E-state index contributed by atoms with van der Waals surface area (Å²) in [7, 11) is -0.777. The average molecular weight is 264 g/mol. The van der Waals surface area contributed by atoms with Gasteiger partial charge in [0.25, 0.3) is 0 Å². The van der Waals surface area contributed by atoms with Gasteiger partial charge in [-0.25, -0.2) is 0 Å². The molecule has 0 saturated heterocycles. The third-order valence-corrected chi connectivity index (χ3v) is 3.91. The summed E-state index contributed by atoms with van der Waals surface area (Å²) in [5.41, 5.74) is 0. The molecule has 17 heavy (non-hydrogen) atoms. The Morgan fingerprint density at radius 2 is 1.12 bits per heavy atom. The Kier molecular flexibility index (Phi) is 4.56. The van der Waals surface area contributed by atoms with E-state index in [0.29, 0.717) is 10.5 Å². The second-order valence-corrected chi connectivity index (χ2v) is 5.49. The summed E-state index contributed by atoms with van der Waals surface area (Å²) >= 11 is 0. The first-order valence-electron chi connectivity index (χ1n) is 5.19. The minimum atomic E-state index is -1.35. The summed E-state index contributed by atoms with van der Waals surface area (Å²) in [6.45, 7) is 0. The molecule has 0 amide bonds. The van der Waals surface area contributed by atoms with Crippen LogP contribution in [0.25, 0.3) is 0 Å². The van der Waals surface area contributed by atoms with Crippen molar-refractivity contribution in [1.82, 2.24) is 0 Å². The maximum absolute atomic E-state index is 5.62. The van der Waals surface area contributed by atoms with Crippen molar-refractivity contribution in [2.75, 3.05) is 0 Å². The van der Waals surface area contributed by atoms with Gasteiger partial charge in [0, 0.05) is 0 Å². The van der Waals surface area contributed by atoms with Crippen LogP contribution in [-0.4, -0.2) is 10.5 Å². The molecule has 5 heteroatoms. The predicted molar refractivity (Wildman–Crippen MR) is 72.1 cm³/mol. The minimum absolute atomic E-state index is 0.573. The minimum Gasteiger partial charge on any atom is -0.418 e. The standard InChI is InChI=1S/C12H13O3PSi/c17-15-16(13-11-7-3-1-4-8-11)14-12-9-5-2-6-10-12/h1-10H,17H3. The van der Waals surface area contributed by atoms with Crippen molar-refractivity contribution in [3.8, 4) is 11.5 Å². The van der Waals surface area contributed by atoms with E-state index >= 15 is 0 Å². The Balaban J connectivity index is 1.98. The zero-order chi connectivity index (χ0) is 11.9. The second-order valence-electron chi connectivity index (χ2n) is 3.21. The van der Waals surface area contributed by atoms with Gasteiger partial charge in [0.1, 0.15) is 11.5 Å². The van der Waals surface area contributed by atoms with Gasteiger partial charge in [-0.1, -0.05) is 36.4 Å². The van der Waals surface area contributed by atoms with E-state index in [4.69, 9.17) is 13.3 Å². The lowest BCUT2D eigenvalue weighted by atomic mass is 10.3. The second kappa shape index (κ2) is 6.40. The Labute approximate surface area is 105 Å². The van der Waals surface area contributed by atoms with Crippen LogP contribution >= 0.6 is 8.60 Å². The molecule has 2 aromatic rings. The van der Waals surface area contributed by atoms with Crippen LogP contribution < -0.4 is 9.05 Å². The van der Waals surface area contributed by atoms with E-state index in [9.17, 15) is 0 Å². The molecule has 2 rings (SSSR count).